The molecule has 1 heterocycles. The zero-order valence-electron chi connectivity index (χ0n) is 20.7. The van der Waals surface area contributed by atoms with Gasteiger partial charge in [-0.3, -0.25) is 9.10 Å². The summed E-state index contributed by atoms with van der Waals surface area (Å²) in [7, 11) is -3.50. The van der Waals surface area contributed by atoms with Gasteiger partial charge in [0, 0.05) is 11.1 Å². The summed E-state index contributed by atoms with van der Waals surface area (Å²) in [6.07, 6.45) is 1.19. The summed E-state index contributed by atoms with van der Waals surface area (Å²) in [6.45, 7) is 6.89. The molecule has 0 bridgehead atoms. The molecule has 1 N–H and O–H groups in total. The summed E-state index contributed by atoms with van der Waals surface area (Å²) < 4.78 is 37.5. The van der Waals surface area contributed by atoms with Crippen molar-refractivity contribution in [2.24, 2.45) is 5.10 Å². The van der Waals surface area contributed by atoms with E-state index in [1.54, 1.807) is 37.3 Å². The van der Waals surface area contributed by atoms with Gasteiger partial charge in [-0.15, -0.1) is 0 Å². The molecule has 3 aromatic carbocycles. The predicted octanol–water partition coefficient (Wildman–Crippen LogP) is 4.19. The molecule has 4 rings (SSSR count). The molecule has 0 fully saturated rings. The van der Waals surface area contributed by atoms with Crippen LogP contribution in [0.15, 0.2) is 65.8 Å². The maximum Gasteiger partial charge on any atom is 0.271 e. The number of nitrogens with zero attached hydrogens (tertiary/aromatic N) is 2. The third-order valence-electron chi connectivity index (χ3n) is 6.01. The number of anilines is 1. The fraction of sp³-hybridized carbons (Fsp3) is 0.259. The molecule has 3 aromatic rings. The van der Waals surface area contributed by atoms with Crippen LogP contribution in [-0.2, 0) is 16.6 Å². The van der Waals surface area contributed by atoms with Gasteiger partial charge in [0.15, 0.2) is 11.5 Å². The molecular formula is C27H29N3O5S. The van der Waals surface area contributed by atoms with Gasteiger partial charge in [-0.05, 0) is 79.9 Å². The van der Waals surface area contributed by atoms with E-state index in [0.717, 1.165) is 22.3 Å². The van der Waals surface area contributed by atoms with Crippen molar-refractivity contribution in [1.82, 2.24) is 5.43 Å². The van der Waals surface area contributed by atoms with Crippen LogP contribution in [0.2, 0.25) is 0 Å². The first-order valence-corrected chi connectivity index (χ1v) is 13.4. The molecule has 0 saturated heterocycles. The lowest BCUT2D eigenvalue weighted by molar-refractivity contribution is 0.0955. The second-order valence-electron chi connectivity index (χ2n) is 8.73. The van der Waals surface area contributed by atoms with Gasteiger partial charge in [-0.1, -0.05) is 18.2 Å². The van der Waals surface area contributed by atoms with Gasteiger partial charge in [0.05, 0.1) is 24.2 Å². The smallest absolute Gasteiger partial charge is 0.271 e. The number of hydrogen-bond acceptors (Lipinski definition) is 6. The summed E-state index contributed by atoms with van der Waals surface area (Å²) in [4.78, 5) is 12.6. The summed E-state index contributed by atoms with van der Waals surface area (Å²) in [5, 5.41) is 4.21. The Bertz CT molecular complexity index is 1420. The van der Waals surface area contributed by atoms with Crippen molar-refractivity contribution in [3.05, 3.63) is 88.5 Å². The van der Waals surface area contributed by atoms with Crippen LogP contribution in [0, 0.1) is 13.8 Å². The highest BCUT2D eigenvalue weighted by Crippen LogP contribution is 2.31. The van der Waals surface area contributed by atoms with Crippen molar-refractivity contribution in [3.63, 3.8) is 0 Å². The third-order valence-corrected chi connectivity index (χ3v) is 7.15. The van der Waals surface area contributed by atoms with Crippen molar-refractivity contribution in [1.29, 1.82) is 0 Å². The molecule has 0 unspecified atom stereocenters. The van der Waals surface area contributed by atoms with Crippen molar-refractivity contribution < 1.29 is 22.7 Å². The lowest BCUT2D eigenvalue weighted by Gasteiger charge is -2.23. The Balaban J connectivity index is 1.44. The minimum Gasteiger partial charge on any atom is -0.486 e. The zero-order valence-corrected chi connectivity index (χ0v) is 21.6. The number of nitrogens with one attached hydrogen (secondary N) is 1. The van der Waals surface area contributed by atoms with Gasteiger partial charge in [-0.25, -0.2) is 13.8 Å². The van der Waals surface area contributed by atoms with E-state index in [-0.39, 0.29) is 12.5 Å². The number of hydrazone groups is 1. The minimum atomic E-state index is -3.50. The number of carbonyl (C=O) groups is 1. The molecule has 36 heavy (non-hydrogen) atoms. The zero-order chi connectivity index (χ0) is 25.9. The molecule has 1 aliphatic heterocycles. The van der Waals surface area contributed by atoms with E-state index in [4.69, 9.17) is 9.47 Å². The average molecular weight is 508 g/mol. The van der Waals surface area contributed by atoms with Crippen molar-refractivity contribution in [3.8, 4) is 11.5 Å². The molecular weight excluding hydrogens is 478 g/mol. The monoisotopic (exact) mass is 507 g/mol. The number of amides is 1. The first-order valence-electron chi connectivity index (χ1n) is 11.5. The van der Waals surface area contributed by atoms with Crippen LogP contribution < -0.4 is 19.2 Å². The van der Waals surface area contributed by atoms with Crippen LogP contribution >= 0.6 is 0 Å². The fourth-order valence-electron chi connectivity index (χ4n) is 3.74. The van der Waals surface area contributed by atoms with Crippen molar-refractivity contribution in [2.75, 3.05) is 23.8 Å². The summed E-state index contributed by atoms with van der Waals surface area (Å²) in [5.41, 5.74) is 7.87. The van der Waals surface area contributed by atoms with E-state index in [0.29, 0.717) is 41.7 Å². The number of hydrogen-bond donors (Lipinski definition) is 1. The Morgan fingerprint density at radius 1 is 0.917 bits per heavy atom. The number of rotatable bonds is 7. The average Bonchev–Trinajstić information content (AvgIpc) is 2.86. The molecule has 1 aliphatic rings. The second-order valence-corrected chi connectivity index (χ2v) is 10.6. The SMILES string of the molecule is C/C(=N/NC(=O)c1ccc(CN(c2ccc(C)c(C)c2)S(C)(=O)=O)cc1)c1ccc2c(c1)OCCO2. The Morgan fingerprint density at radius 2 is 1.58 bits per heavy atom. The van der Waals surface area contributed by atoms with E-state index in [2.05, 4.69) is 10.5 Å². The first kappa shape index (κ1) is 25.2. The lowest BCUT2D eigenvalue weighted by Crippen LogP contribution is -2.29. The van der Waals surface area contributed by atoms with Crippen LogP contribution in [0.3, 0.4) is 0 Å². The molecule has 9 heteroatoms. The highest BCUT2D eigenvalue weighted by Gasteiger charge is 2.19. The highest BCUT2D eigenvalue weighted by atomic mass is 32.2. The van der Waals surface area contributed by atoms with E-state index in [1.807, 2.05) is 44.2 Å². The Labute approximate surface area is 211 Å². The molecule has 1 amide bonds. The Kier molecular flexibility index (Phi) is 7.30. The quantitative estimate of drug-likeness (QED) is 0.382. The van der Waals surface area contributed by atoms with E-state index < -0.39 is 10.0 Å². The summed E-state index contributed by atoms with van der Waals surface area (Å²) in [6, 6.07) is 17.9. The Hall–Kier alpha value is -3.85. The second kappa shape index (κ2) is 10.4. The van der Waals surface area contributed by atoms with E-state index in [1.165, 1.54) is 10.6 Å². The van der Waals surface area contributed by atoms with Crippen LogP contribution in [-0.4, -0.2) is 39.5 Å². The molecule has 0 spiro atoms. The number of benzene rings is 3. The van der Waals surface area contributed by atoms with Crippen LogP contribution in [0.4, 0.5) is 5.69 Å². The van der Waals surface area contributed by atoms with Gasteiger partial charge in [-0.2, -0.15) is 5.10 Å². The standard InChI is InChI=1S/C27H29N3O5S/c1-18-5-11-24(15-19(18)2)30(36(4,32)33)17-21-6-8-22(9-7-21)27(31)29-28-20(3)23-10-12-25-26(16-23)35-14-13-34-25/h5-12,15-16H,13-14,17H2,1-4H3,(H,29,31)/b28-20-. The molecule has 188 valence electrons. The van der Waals surface area contributed by atoms with Crippen molar-refractivity contribution >= 4 is 27.3 Å². The molecule has 0 saturated carbocycles. The molecule has 8 nitrogen and oxygen atoms in total. The molecule has 0 aromatic heterocycles. The Morgan fingerprint density at radius 3 is 2.25 bits per heavy atom. The molecule has 0 atom stereocenters. The van der Waals surface area contributed by atoms with Gasteiger partial charge in [0.2, 0.25) is 10.0 Å². The van der Waals surface area contributed by atoms with E-state index >= 15 is 0 Å². The third kappa shape index (κ3) is 5.85. The van der Waals surface area contributed by atoms with Gasteiger partial charge in [0.1, 0.15) is 13.2 Å². The largest absolute Gasteiger partial charge is 0.486 e. The van der Waals surface area contributed by atoms with Crippen LogP contribution in [0.25, 0.3) is 0 Å². The topological polar surface area (TPSA) is 97.3 Å². The maximum atomic E-state index is 12.6. The van der Waals surface area contributed by atoms with E-state index in [9.17, 15) is 13.2 Å². The van der Waals surface area contributed by atoms with Crippen LogP contribution in [0.5, 0.6) is 11.5 Å². The summed E-state index contributed by atoms with van der Waals surface area (Å²) >= 11 is 0. The maximum absolute atomic E-state index is 12.6. The van der Waals surface area contributed by atoms with Crippen molar-refractivity contribution in [2.45, 2.75) is 27.3 Å². The fourth-order valence-corrected chi connectivity index (χ4v) is 4.62. The molecule has 0 radical (unpaired) electrons. The number of fused-ring (bicyclic) bond motifs is 1. The first-order chi connectivity index (χ1) is 17.1. The molecule has 0 aliphatic carbocycles. The minimum absolute atomic E-state index is 0.157. The van der Waals surface area contributed by atoms with Gasteiger partial charge >= 0.3 is 0 Å². The summed E-state index contributed by atoms with van der Waals surface area (Å²) in [5.74, 6) is 0.973. The highest BCUT2D eigenvalue weighted by molar-refractivity contribution is 7.92. The number of sulfonamides is 1. The van der Waals surface area contributed by atoms with Gasteiger partial charge < -0.3 is 9.47 Å². The predicted molar refractivity (Wildman–Crippen MR) is 140 cm³/mol. The lowest BCUT2D eigenvalue weighted by atomic mass is 10.1. The normalized spacial score (nSPS) is 13.3. The number of ether oxygens (including phenoxy) is 2. The van der Waals surface area contributed by atoms with Gasteiger partial charge in [0.25, 0.3) is 5.91 Å². The number of aryl methyl sites for hydroxylation is 2. The number of carbonyl (C=O) groups excluding carboxylic acids is 1. The van der Waals surface area contributed by atoms with Crippen LogP contribution in [0.1, 0.15) is 39.5 Å².